The summed E-state index contributed by atoms with van der Waals surface area (Å²) in [5.41, 5.74) is -13.0. The molecule has 3 aromatic carbocycles. The molecule has 0 fully saturated rings. The van der Waals surface area contributed by atoms with Crippen molar-refractivity contribution in [2.24, 2.45) is 0 Å². The van der Waals surface area contributed by atoms with Crippen molar-refractivity contribution in [2.45, 2.75) is 37.2 Å². The number of alkyl halides is 6. The molecule has 5 nitrogen and oxygen atoms in total. The van der Waals surface area contributed by atoms with Gasteiger partial charge in [0, 0.05) is 0 Å². The second-order valence-electron chi connectivity index (χ2n) is 9.19. The first kappa shape index (κ1) is 34.9. The Morgan fingerprint density at radius 1 is 0.595 bits per heavy atom. The number of rotatable bonds is 10. The molecule has 0 saturated carbocycles. The molecule has 0 aliphatic rings. The molecule has 0 N–H and O–H groups in total. The first-order valence-corrected chi connectivity index (χ1v) is 18.4. The third-order valence-corrected chi connectivity index (χ3v) is 20.2. The zero-order valence-electron chi connectivity index (χ0n) is 21.5. The Morgan fingerprint density at radius 2 is 0.881 bits per heavy atom. The molecule has 3 aromatic rings. The average Bonchev–Trinajstić information content (AvgIpc) is 2.88. The monoisotopic (exact) mass is 715 g/mol. The molecule has 3 rings (SSSR count). The van der Waals surface area contributed by atoms with E-state index < -0.39 is 63.4 Å². The summed E-state index contributed by atoms with van der Waals surface area (Å²) in [6.07, 6.45) is -0.362. The Kier molecular flexibility index (Phi) is 10.0. The van der Waals surface area contributed by atoms with E-state index in [0.29, 0.717) is 6.42 Å². The van der Waals surface area contributed by atoms with Crippen molar-refractivity contribution in [3.05, 3.63) is 87.9 Å². The van der Waals surface area contributed by atoms with E-state index in [-0.39, 0.29) is 27.9 Å². The van der Waals surface area contributed by atoms with Crippen molar-refractivity contribution < 1.29 is 43.2 Å². The fourth-order valence-corrected chi connectivity index (χ4v) is 19.4. The molecule has 17 heteroatoms. The second-order valence-corrected chi connectivity index (χ2v) is 19.7. The Morgan fingerprint density at radius 3 is 1.12 bits per heavy atom. The van der Waals surface area contributed by atoms with E-state index in [1.54, 1.807) is 6.92 Å². The van der Waals surface area contributed by atoms with Crippen molar-refractivity contribution in [1.82, 2.24) is 3.48 Å². The average molecular weight is 717 g/mol. The molecule has 0 aliphatic carbocycles. The van der Waals surface area contributed by atoms with Crippen molar-refractivity contribution >= 4 is 77.5 Å². The molecule has 0 bridgehead atoms. The summed E-state index contributed by atoms with van der Waals surface area (Å²) >= 11 is 18.1. The topological polar surface area (TPSA) is 71.5 Å². The normalized spacial score (nSPS) is 14.5. The van der Waals surface area contributed by atoms with Crippen molar-refractivity contribution in [3.63, 3.8) is 0 Å². The maximum atomic E-state index is 14.5. The zero-order valence-corrected chi connectivity index (χ0v) is 26.3. The summed E-state index contributed by atoms with van der Waals surface area (Å²) in [6, 6.07) is 13.0. The van der Waals surface area contributed by atoms with Gasteiger partial charge in [-0.3, -0.25) is 0 Å². The van der Waals surface area contributed by atoms with Gasteiger partial charge in [0.2, 0.25) is 0 Å². The van der Waals surface area contributed by atoms with Gasteiger partial charge in [-0.1, -0.05) is 0 Å². The van der Waals surface area contributed by atoms with Crippen LogP contribution in [0.2, 0.25) is 15.1 Å². The summed E-state index contributed by atoms with van der Waals surface area (Å²) in [5.74, 6) is 0. The van der Waals surface area contributed by atoms with Crippen LogP contribution in [0.1, 0.15) is 26.2 Å². The van der Waals surface area contributed by atoms with Crippen LogP contribution in [-0.2, 0) is 20.0 Å². The van der Waals surface area contributed by atoms with E-state index >= 15 is 0 Å². The molecule has 232 valence electrons. The minimum atomic E-state index is -7.32. The Labute approximate surface area is 254 Å². The number of benzene rings is 3. The van der Waals surface area contributed by atoms with Gasteiger partial charge in [-0.15, -0.1) is 0 Å². The quantitative estimate of drug-likeness (QED) is 0.123. The van der Waals surface area contributed by atoms with E-state index in [4.69, 9.17) is 34.8 Å². The third-order valence-electron chi connectivity index (χ3n) is 6.70. The molecular weight excluding hydrogens is 694 g/mol. The number of nitrogens with zero attached hydrogens (tertiary/aromatic N) is 1. The van der Waals surface area contributed by atoms with Crippen molar-refractivity contribution in [1.29, 1.82) is 0 Å². The van der Waals surface area contributed by atoms with Gasteiger partial charge >= 0.3 is 255 Å². The summed E-state index contributed by atoms with van der Waals surface area (Å²) < 4.78 is 140. The molecular formula is C25H23Cl3F6NO4PS2. The molecule has 0 atom stereocenters. The zero-order chi connectivity index (χ0) is 31.8. The van der Waals surface area contributed by atoms with Crippen LogP contribution >= 0.6 is 41.6 Å². The molecule has 0 amide bonds. The van der Waals surface area contributed by atoms with Crippen molar-refractivity contribution in [3.8, 4) is 0 Å². The molecule has 0 aliphatic heterocycles. The van der Waals surface area contributed by atoms with Crippen LogP contribution in [0.4, 0.5) is 26.3 Å². The van der Waals surface area contributed by atoms with Gasteiger partial charge in [-0.2, -0.15) is 0 Å². The van der Waals surface area contributed by atoms with Crippen LogP contribution in [0.15, 0.2) is 72.8 Å². The van der Waals surface area contributed by atoms with Crippen LogP contribution in [0.5, 0.6) is 0 Å². The maximum absolute atomic E-state index is 14.5. The van der Waals surface area contributed by atoms with Crippen molar-refractivity contribution in [2.75, 3.05) is 6.16 Å². The second kappa shape index (κ2) is 12.1. The molecule has 0 saturated heterocycles. The minimum absolute atomic E-state index is 0.0000347. The number of halogens is 9. The number of unbranched alkanes of at least 4 members (excludes halogenated alkanes) is 2. The molecule has 0 radical (unpaired) electrons. The third kappa shape index (κ3) is 5.66. The van der Waals surface area contributed by atoms with Crippen LogP contribution in [0.25, 0.3) is 0 Å². The fourth-order valence-electron chi connectivity index (χ4n) is 4.94. The van der Waals surface area contributed by atoms with Crippen LogP contribution in [-0.4, -0.2) is 37.5 Å². The SMILES string of the molecule is CCCCCP(c1ccc(Cl)cc1)(c1ccc(Cl)cc1)(c1ccc(Cl)cc1)N(S(=O)(=O)C(F)(F)F)S(=O)(=O)C(F)(F)F. The van der Waals surface area contributed by atoms with Gasteiger partial charge in [0.05, 0.1) is 0 Å². The first-order chi connectivity index (χ1) is 19.3. The van der Waals surface area contributed by atoms with Crippen LogP contribution in [0, 0.1) is 0 Å². The number of sulfonamides is 2. The van der Waals surface area contributed by atoms with Gasteiger partial charge in [0.15, 0.2) is 0 Å². The Hall–Kier alpha value is -1.60. The van der Waals surface area contributed by atoms with E-state index in [9.17, 15) is 43.2 Å². The van der Waals surface area contributed by atoms with Gasteiger partial charge in [-0.05, 0) is 0 Å². The molecule has 0 heterocycles. The van der Waals surface area contributed by atoms with Gasteiger partial charge in [-0.25, -0.2) is 0 Å². The van der Waals surface area contributed by atoms with E-state index in [1.807, 2.05) is 0 Å². The summed E-state index contributed by atoms with van der Waals surface area (Å²) in [4.78, 5) is 0. The molecule has 0 unspecified atom stereocenters. The molecule has 0 aromatic heterocycles. The summed E-state index contributed by atoms with van der Waals surface area (Å²) in [7, 11) is -14.6. The van der Waals surface area contributed by atoms with Gasteiger partial charge < -0.3 is 0 Å². The first-order valence-electron chi connectivity index (χ1n) is 12.0. The van der Waals surface area contributed by atoms with Gasteiger partial charge in [0.1, 0.15) is 0 Å². The van der Waals surface area contributed by atoms with Gasteiger partial charge in [0.25, 0.3) is 0 Å². The number of hydrogen-bond acceptors (Lipinski definition) is 4. The van der Waals surface area contributed by atoms with E-state index in [1.165, 1.54) is 0 Å². The van der Waals surface area contributed by atoms with E-state index in [2.05, 4.69) is 0 Å². The number of hydrogen-bond donors (Lipinski definition) is 0. The molecule has 42 heavy (non-hydrogen) atoms. The fraction of sp³-hybridized carbons (Fsp3) is 0.280. The summed E-state index contributed by atoms with van der Waals surface area (Å²) in [6.45, 7) is -4.52. The predicted molar refractivity (Wildman–Crippen MR) is 156 cm³/mol. The van der Waals surface area contributed by atoms with E-state index in [0.717, 1.165) is 72.8 Å². The Bertz CT molecular complexity index is 1480. The summed E-state index contributed by atoms with van der Waals surface area (Å²) in [5, 5.41) is -1.31. The molecule has 0 spiro atoms. The van der Waals surface area contributed by atoms with Crippen LogP contribution in [0.3, 0.4) is 0 Å². The predicted octanol–water partition coefficient (Wildman–Crippen LogP) is 7.58. The Balaban J connectivity index is 2.91. The van der Waals surface area contributed by atoms with Crippen LogP contribution < -0.4 is 15.9 Å². The standard InChI is InChI=1S/C25H23Cl3F6NO4PS2/c1-2-3-4-17-40(21-11-5-18(26)6-12-21,22-13-7-19(27)8-14-22,23-15-9-20(28)10-16-23)35(41(36,37)24(29,30)31)42(38,39)25(32,33)34/h5-16H,2-4,17H2,1H3.